The molecule has 0 saturated heterocycles. The van der Waals surface area contributed by atoms with Gasteiger partial charge in [-0.1, -0.05) is 0 Å². The minimum absolute atomic E-state index is 0.155. The van der Waals surface area contributed by atoms with E-state index in [1.54, 1.807) is 20.2 Å². The van der Waals surface area contributed by atoms with Crippen molar-refractivity contribution in [3.8, 4) is 0 Å². The molecule has 2 rings (SSSR count). The van der Waals surface area contributed by atoms with Gasteiger partial charge in [0.15, 0.2) is 0 Å². The van der Waals surface area contributed by atoms with E-state index in [1.807, 2.05) is 0 Å². The van der Waals surface area contributed by atoms with E-state index in [0.29, 0.717) is 15.5 Å². The molecule has 0 amide bonds. The average molecular weight is 259 g/mol. The first-order valence-corrected chi connectivity index (χ1v) is 4.82. The van der Waals surface area contributed by atoms with Crippen LogP contribution in [-0.4, -0.2) is 9.13 Å². The lowest BCUT2D eigenvalue weighted by Crippen LogP contribution is -2.19. The Hall–Kier alpha value is -1.10. The van der Waals surface area contributed by atoms with E-state index in [0.717, 1.165) is 0 Å². The highest BCUT2D eigenvalue weighted by molar-refractivity contribution is 9.10. The number of rotatable bonds is 0. The number of imidazole rings is 1. The van der Waals surface area contributed by atoms with Crippen molar-refractivity contribution in [2.45, 2.75) is 0 Å². The van der Waals surface area contributed by atoms with Gasteiger partial charge in [0.2, 0.25) is 0 Å². The Kier molecular flexibility index (Phi) is 1.99. The van der Waals surface area contributed by atoms with E-state index in [9.17, 15) is 9.18 Å². The van der Waals surface area contributed by atoms with Crippen LogP contribution in [0.5, 0.6) is 0 Å². The van der Waals surface area contributed by atoms with Crippen LogP contribution < -0.4 is 5.69 Å². The second kappa shape index (κ2) is 2.95. The molecule has 0 fully saturated rings. The zero-order valence-corrected chi connectivity index (χ0v) is 9.30. The Bertz CT molecular complexity index is 522. The van der Waals surface area contributed by atoms with Gasteiger partial charge in [0, 0.05) is 20.2 Å². The maximum absolute atomic E-state index is 13.2. The first-order valence-electron chi connectivity index (χ1n) is 4.03. The summed E-state index contributed by atoms with van der Waals surface area (Å²) in [7, 11) is 3.28. The summed E-state index contributed by atoms with van der Waals surface area (Å²) in [5.74, 6) is -0.362. The summed E-state index contributed by atoms with van der Waals surface area (Å²) in [4.78, 5) is 11.5. The molecule has 14 heavy (non-hydrogen) atoms. The van der Waals surface area contributed by atoms with Crippen LogP contribution in [0.3, 0.4) is 0 Å². The summed E-state index contributed by atoms with van der Waals surface area (Å²) in [5.41, 5.74) is 1.15. The number of benzene rings is 1. The van der Waals surface area contributed by atoms with Gasteiger partial charge < -0.3 is 0 Å². The SMILES string of the molecule is Cn1c(=O)n(C)c2cc(Br)c(F)cc21. The number of halogens is 2. The molecule has 0 atom stereocenters. The van der Waals surface area contributed by atoms with Crippen LogP contribution in [0.15, 0.2) is 21.4 Å². The molecule has 0 aliphatic rings. The zero-order chi connectivity index (χ0) is 10.5. The van der Waals surface area contributed by atoms with E-state index in [2.05, 4.69) is 15.9 Å². The molecule has 3 nitrogen and oxygen atoms in total. The number of hydrogen-bond donors (Lipinski definition) is 0. The fourth-order valence-electron chi connectivity index (χ4n) is 1.49. The quantitative estimate of drug-likeness (QED) is 0.708. The maximum Gasteiger partial charge on any atom is 0.328 e. The van der Waals surface area contributed by atoms with Crippen molar-refractivity contribution >= 4 is 27.0 Å². The molecule has 5 heteroatoms. The van der Waals surface area contributed by atoms with Crippen molar-refractivity contribution in [2.75, 3.05) is 0 Å². The van der Waals surface area contributed by atoms with Crippen molar-refractivity contribution in [2.24, 2.45) is 14.1 Å². The molecule has 0 saturated carbocycles. The van der Waals surface area contributed by atoms with Gasteiger partial charge in [-0.15, -0.1) is 0 Å². The molecule has 74 valence electrons. The average Bonchev–Trinajstić information content (AvgIpc) is 2.34. The highest BCUT2D eigenvalue weighted by Gasteiger charge is 2.10. The summed E-state index contributed by atoms with van der Waals surface area (Å²) >= 11 is 3.08. The van der Waals surface area contributed by atoms with E-state index in [1.165, 1.54) is 15.2 Å². The lowest BCUT2D eigenvalue weighted by molar-refractivity contribution is 0.622. The smallest absolute Gasteiger partial charge is 0.295 e. The van der Waals surface area contributed by atoms with Crippen LogP contribution in [0.1, 0.15) is 0 Å². The molecule has 0 aliphatic carbocycles. The van der Waals surface area contributed by atoms with E-state index in [4.69, 9.17) is 0 Å². The number of nitrogens with zero attached hydrogens (tertiary/aromatic N) is 2. The summed E-state index contributed by atoms with van der Waals surface area (Å²) in [6.45, 7) is 0. The third-order valence-corrected chi connectivity index (χ3v) is 2.92. The summed E-state index contributed by atoms with van der Waals surface area (Å²) in [5, 5.41) is 0. The normalized spacial score (nSPS) is 11.1. The molecule has 0 unspecified atom stereocenters. The topological polar surface area (TPSA) is 26.9 Å². The zero-order valence-electron chi connectivity index (χ0n) is 7.71. The maximum atomic E-state index is 13.2. The summed E-state index contributed by atoms with van der Waals surface area (Å²) in [6, 6.07) is 2.95. The Morgan fingerprint density at radius 1 is 1.21 bits per heavy atom. The highest BCUT2D eigenvalue weighted by atomic mass is 79.9. The van der Waals surface area contributed by atoms with E-state index < -0.39 is 0 Å². The van der Waals surface area contributed by atoms with Gasteiger partial charge in [-0.25, -0.2) is 9.18 Å². The largest absolute Gasteiger partial charge is 0.328 e. The first-order chi connectivity index (χ1) is 6.52. The third-order valence-electron chi connectivity index (χ3n) is 2.31. The van der Waals surface area contributed by atoms with Gasteiger partial charge in [0.1, 0.15) is 5.82 Å². The van der Waals surface area contributed by atoms with E-state index >= 15 is 0 Å². The van der Waals surface area contributed by atoms with Crippen LogP contribution in [0.2, 0.25) is 0 Å². The predicted octanol–water partition coefficient (Wildman–Crippen LogP) is 1.78. The van der Waals surface area contributed by atoms with Crippen LogP contribution in [-0.2, 0) is 14.1 Å². The number of hydrogen-bond acceptors (Lipinski definition) is 1. The Morgan fingerprint density at radius 2 is 1.71 bits per heavy atom. The second-order valence-corrected chi connectivity index (χ2v) is 4.01. The van der Waals surface area contributed by atoms with Crippen LogP contribution >= 0.6 is 15.9 Å². The van der Waals surface area contributed by atoms with Crippen molar-refractivity contribution < 1.29 is 4.39 Å². The Morgan fingerprint density at radius 3 is 2.29 bits per heavy atom. The number of fused-ring (bicyclic) bond motifs is 1. The molecule has 0 radical (unpaired) electrons. The van der Waals surface area contributed by atoms with Gasteiger partial charge in [0.25, 0.3) is 0 Å². The standard InChI is InChI=1S/C9H8BrFN2O/c1-12-7-3-5(10)6(11)4-8(7)13(2)9(12)14/h3-4H,1-2H3. The third kappa shape index (κ3) is 1.12. The second-order valence-electron chi connectivity index (χ2n) is 3.16. The predicted molar refractivity (Wildman–Crippen MR) is 55.8 cm³/mol. The molecule has 1 aromatic heterocycles. The molecule has 0 aliphatic heterocycles. The van der Waals surface area contributed by atoms with Crippen LogP contribution in [0.4, 0.5) is 4.39 Å². The molecule has 2 aromatic rings. The molecule has 0 N–H and O–H groups in total. The van der Waals surface area contributed by atoms with Crippen LogP contribution in [0, 0.1) is 5.82 Å². The van der Waals surface area contributed by atoms with Gasteiger partial charge >= 0.3 is 5.69 Å². The first kappa shape index (κ1) is 9.45. The van der Waals surface area contributed by atoms with E-state index in [-0.39, 0.29) is 11.5 Å². The minimum Gasteiger partial charge on any atom is -0.295 e. The highest BCUT2D eigenvalue weighted by Crippen LogP contribution is 2.21. The molecular formula is C9H8BrFN2O. The van der Waals surface area contributed by atoms with Gasteiger partial charge in [-0.05, 0) is 22.0 Å². The fraction of sp³-hybridized carbons (Fsp3) is 0.222. The number of aryl methyl sites for hydroxylation is 2. The van der Waals surface area contributed by atoms with Crippen LogP contribution in [0.25, 0.3) is 11.0 Å². The molecule has 0 spiro atoms. The molecule has 1 heterocycles. The molecule has 1 aromatic carbocycles. The van der Waals surface area contributed by atoms with Gasteiger partial charge in [0.05, 0.1) is 15.5 Å². The Balaban J connectivity index is 3.04. The summed E-state index contributed by atoms with van der Waals surface area (Å²) < 4.78 is 16.5. The monoisotopic (exact) mass is 258 g/mol. The Labute approximate surface area is 87.9 Å². The lowest BCUT2D eigenvalue weighted by Gasteiger charge is -1.97. The van der Waals surface area contributed by atoms with Gasteiger partial charge in [-0.3, -0.25) is 9.13 Å². The van der Waals surface area contributed by atoms with Crippen molar-refractivity contribution in [3.63, 3.8) is 0 Å². The fourth-order valence-corrected chi connectivity index (χ4v) is 1.83. The lowest BCUT2D eigenvalue weighted by atomic mass is 10.3. The van der Waals surface area contributed by atoms with Crippen molar-refractivity contribution in [1.29, 1.82) is 0 Å². The molecule has 0 bridgehead atoms. The van der Waals surface area contributed by atoms with Crippen molar-refractivity contribution in [1.82, 2.24) is 9.13 Å². The van der Waals surface area contributed by atoms with Gasteiger partial charge in [-0.2, -0.15) is 0 Å². The number of aromatic nitrogens is 2. The summed E-state index contributed by atoms with van der Waals surface area (Å²) in [6.07, 6.45) is 0. The molecular weight excluding hydrogens is 251 g/mol. The minimum atomic E-state index is -0.362. The van der Waals surface area contributed by atoms with Crippen molar-refractivity contribution in [3.05, 3.63) is 32.9 Å².